The summed E-state index contributed by atoms with van der Waals surface area (Å²) < 4.78 is 70.2. The molecule has 15 nitrogen and oxygen atoms in total. The molecule has 5 N–H and O–H groups in total. The van der Waals surface area contributed by atoms with E-state index in [4.69, 9.17) is 15.3 Å². The monoisotopic (exact) mass is 620 g/mol. The van der Waals surface area contributed by atoms with Crippen LogP contribution in [0.2, 0.25) is 0 Å². The lowest BCUT2D eigenvalue weighted by atomic mass is 10.1. The molecule has 4 rings (SSSR count). The van der Waals surface area contributed by atoms with E-state index < -0.39 is 62.8 Å². The average molecular weight is 620 g/mol. The van der Waals surface area contributed by atoms with Gasteiger partial charge in [0.15, 0.2) is 29.8 Å². The molecule has 19 heteroatoms. The number of hydroxylamine groups is 1. The standard InChI is InChI=1S/C23H28F3N6O9P/c1-11(2)39-32(13-7-5-4-6-8-13)12(3)22(35)41-42(36,37)40-18(23(24,25)26)17-15(33)16(34)21(38-17)31-10-30-14-19(27)28-9-29-20(14)31/h4-12,15-18,21,33-34H,1-3H3,(H,36,37)(H2,27,28,29)/t12-,15-,16+,17-,18-,21+/m0/s1. The van der Waals surface area contributed by atoms with Crippen LogP contribution in [0, 0.1) is 0 Å². The number of alkyl halides is 3. The van der Waals surface area contributed by atoms with Crippen molar-refractivity contribution in [1.82, 2.24) is 19.5 Å². The zero-order chi connectivity index (χ0) is 31.0. The Balaban J connectivity index is 1.54. The number of nitrogens with two attached hydrogens (primary N) is 1. The molecule has 0 spiro atoms. The van der Waals surface area contributed by atoms with Gasteiger partial charge in [0.05, 0.1) is 18.1 Å². The molecule has 230 valence electrons. The summed E-state index contributed by atoms with van der Waals surface area (Å²) in [6, 6.07) is 6.64. The number of ether oxygens (including phenoxy) is 1. The number of nitrogens with zero attached hydrogens (tertiary/aromatic N) is 5. The van der Waals surface area contributed by atoms with Gasteiger partial charge >= 0.3 is 20.0 Å². The van der Waals surface area contributed by atoms with Gasteiger partial charge < -0.3 is 25.2 Å². The van der Waals surface area contributed by atoms with Crippen molar-refractivity contribution in [2.24, 2.45) is 0 Å². The third-order valence-corrected chi connectivity index (χ3v) is 6.94. The Morgan fingerprint density at radius 3 is 2.43 bits per heavy atom. The fourth-order valence-electron chi connectivity index (χ4n) is 4.16. The van der Waals surface area contributed by atoms with Crippen molar-refractivity contribution in [2.75, 3.05) is 10.8 Å². The number of aromatic nitrogens is 4. The maximum Gasteiger partial charge on any atom is 0.530 e. The summed E-state index contributed by atoms with van der Waals surface area (Å²) in [7, 11) is -5.83. The molecular weight excluding hydrogens is 592 g/mol. The van der Waals surface area contributed by atoms with Crippen LogP contribution in [0.1, 0.15) is 27.0 Å². The van der Waals surface area contributed by atoms with E-state index in [-0.39, 0.29) is 17.0 Å². The van der Waals surface area contributed by atoms with Gasteiger partial charge in [0.2, 0.25) is 0 Å². The minimum Gasteiger partial charge on any atom is -0.387 e. The topological polar surface area (TPSA) is 205 Å². The number of halogens is 3. The van der Waals surface area contributed by atoms with Crippen molar-refractivity contribution in [2.45, 2.75) is 69.7 Å². The van der Waals surface area contributed by atoms with Gasteiger partial charge in [-0.3, -0.25) is 18.8 Å². The molecule has 1 unspecified atom stereocenters. The molecule has 0 radical (unpaired) electrons. The minimum atomic E-state index is -5.83. The Kier molecular flexibility index (Phi) is 9.08. The second kappa shape index (κ2) is 12.1. The number of nitrogen functional groups attached to an aromatic ring is 1. The lowest BCUT2D eigenvalue weighted by molar-refractivity contribution is -0.239. The quantitative estimate of drug-likeness (QED) is 0.189. The van der Waals surface area contributed by atoms with Gasteiger partial charge in [-0.15, -0.1) is 0 Å². The first-order chi connectivity index (χ1) is 19.6. The van der Waals surface area contributed by atoms with E-state index in [1.165, 1.54) is 6.92 Å². The third kappa shape index (κ3) is 6.64. The number of hydrogen-bond acceptors (Lipinski definition) is 13. The second-order valence-corrected chi connectivity index (χ2v) is 10.8. The highest BCUT2D eigenvalue weighted by Gasteiger charge is 2.59. The Labute approximate surface area is 236 Å². The smallest absolute Gasteiger partial charge is 0.387 e. The van der Waals surface area contributed by atoms with Crippen LogP contribution in [0.4, 0.5) is 24.7 Å². The Hall–Kier alpha value is -3.38. The Bertz CT molecular complexity index is 1450. The molecule has 0 saturated carbocycles. The Morgan fingerprint density at radius 2 is 1.81 bits per heavy atom. The van der Waals surface area contributed by atoms with E-state index in [2.05, 4.69) is 24.0 Å². The molecule has 42 heavy (non-hydrogen) atoms. The fourth-order valence-corrected chi connectivity index (χ4v) is 5.11. The molecule has 0 aliphatic carbocycles. The second-order valence-electron chi connectivity index (χ2n) is 9.49. The highest BCUT2D eigenvalue weighted by atomic mass is 31.2. The summed E-state index contributed by atoms with van der Waals surface area (Å²) in [4.78, 5) is 40.2. The number of hydrogen-bond donors (Lipinski definition) is 4. The normalized spacial score (nSPS) is 24.0. The number of anilines is 2. The number of carbonyl (C=O) groups excluding carboxylic acids is 1. The van der Waals surface area contributed by atoms with Crippen molar-refractivity contribution in [3.8, 4) is 0 Å². The van der Waals surface area contributed by atoms with Crippen molar-refractivity contribution < 1.29 is 56.3 Å². The van der Waals surface area contributed by atoms with Gasteiger partial charge in [0.1, 0.15) is 30.2 Å². The highest BCUT2D eigenvalue weighted by molar-refractivity contribution is 7.48. The van der Waals surface area contributed by atoms with Crippen LogP contribution in [0.25, 0.3) is 11.2 Å². The van der Waals surface area contributed by atoms with Gasteiger partial charge in [-0.25, -0.2) is 29.4 Å². The minimum absolute atomic E-state index is 0.0359. The van der Waals surface area contributed by atoms with Crippen LogP contribution in [-0.4, -0.2) is 83.3 Å². The molecule has 1 fully saturated rings. The third-order valence-electron chi connectivity index (χ3n) is 6.04. The van der Waals surface area contributed by atoms with Gasteiger partial charge in [-0.1, -0.05) is 18.2 Å². The van der Waals surface area contributed by atoms with Crippen molar-refractivity contribution in [3.63, 3.8) is 0 Å². The van der Waals surface area contributed by atoms with Crippen LogP contribution in [0.15, 0.2) is 43.0 Å². The van der Waals surface area contributed by atoms with Crippen LogP contribution in [0.5, 0.6) is 0 Å². The zero-order valence-corrected chi connectivity index (χ0v) is 23.2. The molecule has 7 atom stereocenters. The maximum absolute atomic E-state index is 14.1. The van der Waals surface area contributed by atoms with Crippen LogP contribution >= 0.6 is 7.82 Å². The first-order valence-corrected chi connectivity index (χ1v) is 13.9. The molecular formula is C23H28F3N6O9P. The van der Waals surface area contributed by atoms with Crippen LogP contribution in [0.3, 0.4) is 0 Å². The molecule has 0 amide bonds. The van der Waals surface area contributed by atoms with Crippen molar-refractivity contribution in [3.05, 3.63) is 43.0 Å². The summed E-state index contributed by atoms with van der Waals surface area (Å²) in [5.41, 5.74) is 6.06. The van der Waals surface area contributed by atoms with Gasteiger partial charge in [-0.05, 0) is 32.9 Å². The predicted octanol–water partition coefficient (Wildman–Crippen LogP) is 1.85. The maximum atomic E-state index is 14.1. The van der Waals surface area contributed by atoms with E-state index in [0.717, 1.165) is 22.3 Å². The van der Waals surface area contributed by atoms with E-state index in [1.807, 2.05) is 0 Å². The number of phosphoric acid groups is 1. The number of aliphatic hydroxyl groups is 2. The van der Waals surface area contributed by atoms with Crippen LogP contribution < -0.4 is 10.8 Å². The summed E-state index contributed by atoms with van der Waals surface area (Å²) in [5.74, 6) is -1.53. The van der Waals surface area contributed by atoms with Crippen molar-refractivity contribution in [1.29, 1.82) is 0 Å². The number of rotatable bonds is 10. The summed E-state index contributed by atoms with van der Waals surface area (Å²) in [6.45, 7) is 4.52. The number of para-hydroxylation sites is 1. The van der Waals surface area contributed by atoms with E-state index >= 15 is 0 Å². The SMILES string of the molecule is CC(C)ON(c1ccccc1)[C@@H](C)C(=O)OP(=O)(O)O[C@@H]([C@H]1O[C@@H](n2cnc3c(N)ncnc32)[C@H](O)[C@@H]1O)C(F)(F)F. The molecule has 0 bridgehead atoms. The van der Waals surface area contributed by atoms with E-state index in [9.17, 15) is 37.6 Å². The first kappa shape index (κ1) is 31.6. The largest absolute Gasteiger partial charge is 0.530 e. The number of carbonyl (C=O) groups is 1. The lowest BCUT2D eigenvalue weighted by Crippen LogP contribution is -2.48. The number of aliphatic hydroxyl groups excluding tert-OH is 2. The van der Waals surface area contributed by atoms with Crippen molar-refractivity contribution >= 4 is 36.5 Å². The van der Waals surface area contributed by atoms with Crippen LogP contribution in [-0.2, 0) is 28.0 Å². The molecule has 2 aromatic heterocycles. The first-order valence-electron chi connectivity index (χ1n) is 12.4. The van der Waals surface area contributed by atoms with Gasteiger partial charge in [0, 0.05) is 0 Å². The fraction of sp³-hybridized carbons (Fsp3) is 0.478. The number of fused-ring (bicyclic) bond motifs is 1. The molecule has 1 aromatic carbocycles. The number of imidazole rings is 1. The van der Waals surface area contributed by atoms with Gasteiger partial charge in [0.25, 0.3) is 0 Å². The highest BCUT2D eigenvalue weighted by Crippen LogP contribution is 2.50. The average Bonchev–Trinajstić information content (AvgIpc) is 3.46. The van der Waals surface area contributed by atoms with E-state index in [0.29, 0.717) is 5.69 Å². The molecule has 1 aliphatic heterocycles. The molecule has 1 saturated heterocycles. The predicted molar refractivity (Wildman–Crippen MR) is 137 cm³/mol. The molecule has 1 aliphatic rings. The molecule has 3 aromatic rings. The number of phosphoric ester groups is 1. The summed E-state index contributed by atoms with van der Waals surface area (Å²) >= 11 is 0. The summed E-state index contributed by atoms with van der Waals surface area (Å²) in [5, 5.41) is 22.1. The molecule has 3 heterocycles. The zero-order valence-electron chi connectivity index (χ0n) is 22.3. The van der Waals surface area contributed by atoms with Gasteiger partial charge in [-0.2, -0.15) is 13.2 Å². The van der Waals surface area contributed by atoms with E-state index in [1.54, 1.807) is 44.2 Å². The Morgan fingerprint density at radius 1 is 1.14 bits per heavy atom. The lowest BCUT2D eigenvalue weighted by Gasteiger charge is -2.31. The summed E-state index contributed by atoms with van der Waals surface area (Å²) in [6.07, 6.45) is -15.6. The number of benzene rings is 1.